The molecule has 4 aromatic rings. The molecule has 226 valence electrons. The van der Waals surface area contributed by atoms with Crippen LogP contribution in [0.15, 0.2) is 108 Å². The molecular weight excluding hydrogens is 592 g/mol. The largest absolute Gasteiger partial charge is 0.466 e. The van der Waals surface area contributed by atoms with Crippen LogP contribution in [0.5, 0.6) is 0 Å². The van der Waals surface area contributed by atoms with E-state index >= 15 is 0 Å². The molecule has 3 aromatic carbocycles. The number of nitriles is 1. The van der Waals surface area contributed by atoms with Crippen molar-refractivity contribution < 1.29 is 28.6 Å². The standard InChI is InChI=1S/C34H28N4O6S/c1-4-44-34(41)29-27(21-14-9-6-10-15-21)37-31(45-29)22-16-11-17-23(18-22)38-28(33(40)43-3)26(32(39)42-2)25(24(19-35)30(38)36)20-12-7-5-8-13-20/h5-18,25H,4,36H2,1-3H3. The number of thiazole rings is 1. The van der Waals surface area contributed by atoms with Gasteiger partial charge in [0.1, 0.15) is 21.4 Å². The van der Waals surface area contributed by atoms with Gasteiger partial charge in [-0.1, -0.05) is 72.8 Å². The minimum absolute atomic E-state index is 0.0462. The molecule has 0 radical (unpaired) electrons. The van der Waals surface area contributed by atoms with Crippen LogP contribution in [0.3, 0.4) is 0 Å². The van der Waals surface area contributed by atoms with Gasteiger partial charge in [0, 0.05) is 16.8 Å². The number of hydrogen-bond acceptors (Lipinski definition) is 11. The molecule has 1 atom stereocenters. The van der Waals surface area contributed by atoms with Crippen LogP contribution in [0.1, 0.15) is 28.1 Å². The maximum Gasteiger partial charge on any atom is 0.355 e. The summed E-state index contributed by atoms with van der Waals surface area (Å²) in [5.41, 5.74) is 9.13. The number of carbonyl (C=O) groups is 3. The van der Waals surface area contributed by atoms with Gasteiger partial charge in [0.2, 0.25) is 0 Å². The Morgan fingerprint density at radius 2 is 1.56 bits per heavy atom. The molecule has 1 aliphatic rings. The third-order valence-electron chi connectivity index (χ3n) is 7.10. The summed E-state index contributed by atoms with van der Waals surface area (Å²) < 4.78 is 15.6. The SMILES string of the molecule is CCOC(=O)c1sc(-c2cccc(N3C(N)=C(C#N)C(c4ccccc4)C(C(=O)OC)=C3C(=O)OC)c2)nc1-c1ccccc1. The topological polar surface area (TPSA) is 145 Å². The highest BCUT2D eigenvalue weighted by Gasteiger charge is 2.43. The normalized spacial score (nSPS) is 14.5. The smallest absolute Gasteiger partial charge is 0.355 e. The maximum absolute atomic E-state index is 13.4. The lowest BCUT2D eigenvalue weighted by atomic mass is 9.81. The molecule has 1 unspecified atom stereocenters. The summed E-state index contributed by atoms with van der Waals surface area (Å²) in [7, 11) is 2.38. The van der Waals surface area contributed by atoms with Crippen molar-refractivity contribution in [3.05, 3.63) is 118 Å². The van der Waals surface area contributed by atoms with Gasteiger partial charge in [0.25, 0.3) is 0 Å². The van der Waals surface area contributed by atoms with Crippen LogP contribution in [0.25, 0.3) is 21.8 Å². The molecule has 10 nitrogen and oxygen atoms in total. The molecular formula is C34H28N4O6S. The van der Waals surface area contributed by atoms with Gasteiger partial charge < -0.3 is 19.9 Å². The number of rotatable bonds is 8. The predicted octanol–water partition coefficient (Wildman–Crippen LogP) is 5.55. The number of allylic oxidation sites excluding steroid dienone is 1. The zero-order valence-electron chi connectivity index (χ0n) is 24.6. The third kappa shape index (κ3) is 5.79. The lowest BCUT2D eigenvalue weighted by Gasteiger charge is -2.36. The van der Waals surface area contributed by atoms with Crippen LogP contribution >= 0.6 is 11.3 Å². The Balaban J connectivity index is 1.72. The first kappa shape index (κ1) is 30.7. The van der Waals surface area contributed by atoms with Crippen LogP contribution in [-0.2, 0) is 23.8 Å². The summed E-state index contributed by atoms with van der Waals surface area (Å²) in [6.07, 6.45) is 0. The second-order valence-corrected chi connectivity index (χ2v) is 10.7. The number of nitrogens with zero attached hydrogens (tertiary/aromatic N) is 3. The zero-order valence-corrected chi connectivity index (χ0v) is 25.5. The number of carbonyl (C=O) groups excluding carboxylic acids is 3. The molecule has 5 rings (SSSR count). The van der Waals surface area contributed by atoms with Crippen LogP contribution in [0.4, 0.5) is 5.69 Å². The minimum Gasteiger partial charge on any atom is -0.466 e. The lowest BCUT2D eigenvalue weighted by Crippen LogP contribution is -2.40. The first-order chi connectivity index (χ1) is 21.8. The van der Waals surface area contributed by atoms with Crippen molar-refractivity contribution in [2.45, 2.75) is 12.8 Å². The van der Waals surface area contributed by atoms with Crippen molar-refractivity contribution in [3.63, 3.8) is 0 Å². The summed E-state index contributed by atoms with van der Waals surface area (Å²) >= 11 is 1.16. The number of benzene rings is 3. The fourth-order valence-corrected chi connectivity index (χ4v) is 6.11. The van der Waals surface area contributed by atoms with Crippen molar-refractivity contribution in [2.75, 3.05) is 25.7 Å². The zero-order chi connectivity index (χ0) is 32.1. The number of nitrogens with two attached hydrogens (primary N) is 1. The highest BCUT2D eigenvalue weighted by Crippen LogP contribution is 2.44. The average molecular weight is 621 g/mol. The summed E-state index contributed by atoms with van der Waals surface area (Å²) in [6, 6.07) is 27.1. The average Bonchev–Trinajstić information content (AvgIpc) is 3.54. The van der Waals surface area contributed by atoms with Gasteiger partial charge in [-0.2, -0.15) is 5.26 Å². The van der Waals surface area contributed by atoms with E-state index in [1.54, 1.807) is 61.5 Å². The van der Waals surface area contributed by atoms with E-state index in [9.17, 15) is 19.6 Å². The maximum atomic E-state index is 13.4. The number of anilines is 1. The molecule has 45 heavy (non-hydrogen) atoms. The fourth-order valence-electron chi connectivity index (χ4n) is 5.13. The third-order valence-corrected chi connectivity index (χ3v) is 8.18. The Morgan fingerprint density at radius 1 is 0.911 bits per heavy atom. The summed E-state index contributed by atoms with van der Waals surface area (Å²) in [4.78, 5) is 46.2. The van der Waals surface area contributed by atoms with Gasteiger partial charge in [-0.3, -0.25) is 4.90 Å². The second kappa shape index (κ2) is 13.3. The van der Waals surface area contributed by atoms with Crippen LogP contribution in [0, 0.1) is 11.3 Å². The molecule has 11 heteroatoms. The summed E-state index contributed by atoms with van der Waals surface area (Å²) in [5, 5.41) is 10.8. The van der Waals surface area contributed by atoms with Crippen molar-refractivity contribution in [3.8, 4) is 27.9 Å². The molecule has 0 saturated carbocycles. The number of methoxy groups -OCH3 is 2. The van der Waals surface area contributed by atoms with Crippen LogP contribution in [-0.4, -0.2) is 43.7 Å². The number of esters is 3. The van der Waals surface area contributed by atoms with E-state index in [4.69, 9.17) is 24.9 Å². The van der Waals surface area contributed by atoms with Gasteiger partial charge in [-0.15, -0.1) is 11.3 Å². The predicted molar refractivity (Wildman–Crippen MR) is 168 cm³/mol. The highest BCUT2D eigenvalue weighted by atomic mass is 32.1. The van der Waals surface area contributed by atoms with Crippen LogP contribution in [0.2, 0.25) is 0 Å². The minimum atomic E-state index is -0.989. The molecule has 0 saturated heterocycles. The van der Waals surface area contributed by atoms with Crippen molar-refractivity contribution in [1.82, 2.24) is 4.98 Å². The summed E-state index contributed by atoms with van der Waals surface area (Å²) in [5.74, 6) is -3.22. The van der Waals surface area contributed by atoms with Gasteiger partial charge >= 0.3 is 17.9 Å². The van der Waals surface area contributed by atoms with Gasteiger partial charge in [-0.25, -0.2) is 19.4 Å². The van der Waals surface area contributed by atoms with E-state index in [0.29, 0.717) is 32.4 Å². The quantitative estimate of drug-likeness (QED) is 0.197. The molecule has 0 aliphatic carbocycles. The van der Waals surface area contributed by atoms with Crippen LogP contribution < -0.4 is 10.6 Å². The molecule has 2 heterocycles. The molecule has 2 N–H and O–H groups in total. The number of hydrogen-bond donors (Lipinski definition) is 1. The molecule has 0 bridgehead atoms. The van der Waals surface area contributed by atoms with Crippen molar-refractivity contribution in [1.29, 1.82) is 5.26 Å². The van der Waals surface area contributed by atoms with Crippen molar-refractivity contribution >= 4 is 34.9 Å². The Hall–Kier alpha value is -5.73. The van der Waals surface area contributed by atoms with Gasteiger partial charge in [-0.05, 0) is 24.6 Å². The number of aromatic nitrogens is 1. The molecule has 0 amide bonds. The van der Waals surface area contributed by atoms with E-state index in [-0.39, 0.29) is 29.3 Å². The first-order valence-electron chi connectivity index (χ1n) is 13.8. The molecule has 0 fully saturated rings. The monoisotopic (exact) mass is 620 g/mol. The first-order valence-corrected chi connectivity index (χ1v) is 14.7. The Labute approximate surface area is 263 Å². The van der Waals surface area contributed by atoms with Gasteiger partial charge in [0.15, 0.2) is 0 Å². The Morgan fingerprint density at radius 3 is 2.18 bits per heavy atom. The highest BCUT2D eigenvalue weighted by molar-refractivity contribution is 7.17. The van der Waals surface area contributed by atoms with E-state index in [1.807, 2.05) is 30.3 Å². The number of ether oxygens (including phenoxy) is 3. The van der Waals surface area contributed by atoms with E-state index in [2.05, 4.69) is 6.07 Å². The van der Waals surface area contributed by atoms with E-state index < -0.39 is 23.8 Å². The lowest BCUT2D eigenvalue weighted by molar-refractivity contribution is -0.139. The Bertz CT molecular complexity index is 1880. The summed E-state index contributed by atoms with van der Waals surface area (Å²) in [6.45, 7) is 1.93. The molecule has 1 aliphatic heterocycles. The van der Waals surface area contributed by atoms with E-state index in [1.165, 1.54) is 19.1 Å². The second-order valence-electron chi connectivity index (χ2n) is 9.67. The Kier molecular flexibility index (Phi) is 9.07. The molecule has 1 aromatic heterocycles. The van der Waals surface area contributed by atoms with Crippen molar-refractivity contribution in [2.24, 2.45) is 5.73 Å². The van der Waals surface area contributed by atoms with E-state index in [0.717, 1.165) is 16.9 Å². The fraction of sp³-hybridized carbons (Fsp3) is 0.147. The van der Waals surface area contributed by atoms with Gasteiger partial charge in [0.05, 0.1) is 49.7 Å². The molecule has 0 spiro atoms.